The lowest BCUT2D eigenvalue weighted by atomic mass is 10.2. The van der Waals surface area contributed by atoms with Crippen LogP contribution in [0.1, 0.15) is 23.7 Å². The predicted octanol–water partition coefficient (Wildman–Crippen LogP) is 2.32. The summed E-state index contributed by atoms with van der Waals surface area (Å²) in [4.78, 5) is 25.5. The van der Waals surface area contributed by atoms with E-state index in [0.717, 1.165) is 22.5 Å². The minimum atomic E-state index is -4.14. The first-order valence-corrected chi connectivity index (χ1v) is 8.58. The third-order valence-electron chi connectivity index (χ3n) is 2.81. The molecule has 0 aliphatic carbocycles. The molecule has 0 aliphatic heterocycles. The summed E-state index contributed by atoms with van der Waals surface area (Å²) in [6, 6.07) is 1.62. The smallest absolute Gasteiger partial charge is 0.268 e. The van der Waals surface area contributed by atoms with Crippen LogP contribution in [0, 0.1) is 5.82 Å². The van der Waals surface area contributed by atoms with Crippen molar-refractivity contribution in [3.05, 3.63) is 41.2 Å². The quantitative estimate of drug-likeness (QED) is 0.428. The van der Waals surface area contributed by atoms with Crippen molar-refractivity contribution in [3.63, 3.8) is 0 Å². The van der Waals surface area contributed by atoms with Crippen LogP contribution in [-0.4, -0.2) is 37.8 Å². The molecular weight excluding hydrogens is 361 g/mol. The van der Waals surface area contributed by atoms with Crippen LogP contribution < -0.4 is 4.72 Å². The molecule has 7 nitrogen and oxygen atoms in total. The number of isocyanates is 1. The molecule has 1 N–H and O–H groups in total. The first-order chi connectivity index (χ1) is 11.3. The van der Waals surface area contributed by atoms with E-state index in [4.69, 9.17) is 11.6 Å². The Hall–Kier alpha value is -2.06. The Morgan fingerprint density at radius 1 is 1.54 bits per heavy atom. The van der Waals surface area contributed by atoms with E-state index in [2.05, 4.69) is 11.6 Å². The minimum absolute atomic E-state index is 0.00822. The molecule has 1 amide bonds. The highest BCUT2D eigenvalue weighted by Crippen LogP contribution is 2.26. The highest BCUT2D eigenvalue weighted by molar-refractivity contribution is 7.87. The number of hydrogen-bond acceptors (Lipinski definition) is 5. The molecule has 0 saturated heterocycles. The maximum absolute atomic E-state index is 13.5. The standard InChI is InChI=1S/C14H15ClFN3O4S/c1-3-5-19(6-4-2)24(22,23)18-14(21)10-7-13(17-9-20)12(16)8-11(10)15/h3,7-8H,1,4-6H2,2H3,(H,18,21). The van der Waals surface area contributed by atoms with Crippen LogP contribution in [0.2, 0.25) is 5.02 Å². The molecule has 1 rings (SSSR count). The van der Waals surface area contributed by atoms with E-state index >= 15 is 0 Å². The molecular formula is C14H15ClFN3O4S. The molecule has 0 spiro atoms. The van der Waals surface area contributed by atoms with Gasteiger partial charge in [0.1, 0.15) is 5.69 Å². The average molecular weight is 376 g/mol. The van der Waals surface area contributed by atoms with Crippen LogP contribution in [0.4, 0.5) is 10.1 Å². The molecule has 24 heavy (non-hydrogen) atoms. The molecule has 0 radical (unpaired) electrons. The summed E-state index contributed by atoms with van der Waals surface area (Å²) in [5, 5.41) is -0.323. The van der Waals surface area contributed by atoms with Crippen LogP contribution in [0.15, 0.2) is 29.8 Å². The van der Waals surface area contributed by atoms with Gasteiger partial charge in [-0.3, -0.25) is 4.79 Å². The molecule has 0 atom stereocenters. The van der Waals surface area contributed by atoms with Crippen LogP contribution >= 0.6 is 11.6 Å². The lowest BCUT2D eigenvalue weighted by Crippen LogP contribution is -2.44. The molecule has 0 fully saturated rings. The van der Waals surface area contributed by atoms with Gasteiger partial charge in [-0.25, -0.2) is 13.9 Å². The number of benzene rings is 1. The summed E-state index contributed by atoms with van der Waals surface area (Å²) in [6.07, 6.45) is 3.04. The highest BCUT2D eigenvalue weighted by atomic mass is 35.5. The summed E-state index contributed by atoms with van der Waals surface area (Å²) < 4.78 is 40.8. The third-order valence-corrected chi connectivity index (χ3v) is 4.58. The van der Waals surface area contributed by atoms with E-state index in [9.17, 15) is 22.4 Å². The first-order valence-electron chi connectivity index (χ1n) is 6.76. The van der Waals surface area contributed by atoms with Crippen molar-refractivity contribution in [1.29, 1.82) is 0 Å². The van der Waals surface area contributed by atoms with Gasteiger partial charge in [-0.2, -0.15) is 17.7 Å². The lowest BCUT2D eigenvalue weighted by Gasteiger charge is -2.20. The van der Waals surface area contributed by atoms with Crippen molar-refractivity contribution in [3.8, 4) is 0 Å². The lowest BCUT2D eigenvalue weighted by molar-refractivity contribution is 0.0979. The van der Waals surface area contributed by atoms with E-state index in [0.29, 0.717) is 6.42 Å². The summed E-state index contributed by atoms with van der Waals surface area (Å²) in [5.74, 6) is -2.02. The van der Waals surface area contributed by atoms with Gasteiger partial charge < -0.3 is 0 Å². The van der Waals surface area contributed by atoms with Gasteiger partial charge in [0.05, 0.1) is 10.6 Å². The number of aliphatic imine (C=N–C) groups is 1. The van der Waals surface area contributed by atoms with E-state index in [1.807, 2.05) is 4.72 Å². The number of halogens is 2. The predicted molar refractivity (Wildman–Crippen MR) is 87.6 cm³/mol. The number of carbonyl (C=O) groups excluding carboxylic acids is 2. The Morgan fingerprint density at radius 3 is 2.75 bits per heavy atom. The van der Waals surface area contributed by atoms with Crippen LogP contribution in [0.3, 0.4) is 0 Å². The van der Waals surface area contributed by atoms with Crippen molar-refractivity contribution in [2.24, 2.45) is 4.99 Å². The van der Waals surface area contributed by atoms with Crippen molar-refractivity contribution in [1.82, 2.24) is 9.03 Å². The second kappa shape index (κ2) is 8.70. The highest BCUT2D eigenvalue weighted by Gasteiger charge is 2.25. The van der Waals surface area contributed by atoms with Gasteiger partial charge in [-0.1, -0.05) is 24.6 Å². The Morgan fingerprint density at radius 2 is 2.21 bits per heavy atom. The second-order valence-corrected chi connectivity index (χ2v) is 6.65. The SMILES string of the molecule is C=CCN(CCC)S(=O)(=O)NC(=O)c1cc(N=C=O)c(F)cc1Cl. The van der Waals surface area contributed by atoms with Crippen molar-refractivity contribution < 1.29 is 22.4 Å². The zero-order valence-corrected chi connectivity index (χ0v) is 14.3. The van der Waals surface area contributed by atoms with Gasteiger partial charge in [0, 0.05) is 13.1 Å². The fraction of sp³-hybridized carbons (Fsp3) is 0.286. The van der Waals surface area contributed by atoms with E-state index in [1.165, 1.54) is 6.08 Å². The van der Waals surface area contributed by atoms with Crippen molar-refractivity contribution in [2.75, 3.05) is 13.1 Å². The number of carbonyl (C=O) groups is 1. The van der Waals surface area contributed by atoms with Gasteiger partial charge in [-0.15, -0.1) is 6.58 Å². The Balaban J connectivity index is 3.16. The number of rotatable bonds is 8. The molecule has 10 heteroatoms. The molecule has 0 bridgehead atoms. The zero-order valence-electron chi connectivity index (χ0n) is 12.8. The van der Waals surface area contributed by atoms with Crippen molar-refractivity contribution in [2.45, 2.75) is 13.3 Å². The fourth-order valence-electron chi connectivity index (χ4n) is 1.79. The summed E-state index contributed by atoms with van der Waals surface area (Å²) in [6.45, 7) is 5.41. The first kappa shape index (κ1) is 20.0. The number of amides is 1. The monoisotopic (exact) mass is 375 g/mol. The summed E-state index contributed by atoms with van der Waals surface area (Å²) in [7, 11) is -4.14. The minimum Gasteiger partial charge on any atom is -0.268 e. The van der Waals surface area contributed by atoms with Gasteiger partial charge in [0.15, 0.2) is 5.82 Å². The Bertz CT molecular complexity index is 791. The Kier molecular flexibility index (Phi) is 7.24. The zero-order chi connectivity index (χ0) is 18.3. The molecule has 130 valence electrons. The van der Waals surface area contributed by atoms with Crippen LogP contribution in [0.5, 0.6) is 0 Å². The maximum Gasteiger partial charge on any atom is 0.304 e. The average Bonchev–Trinajstić information content (AvgIpc) is 2.49. The number of nitrogens with zero attached hydrogens (tertiary/aromatic N) is 2. The maximum atomic E-state index is 13.5. The van der Waals surface area contributed by atoms with Crippen LogP contribution in [0.25, 0.3) is 0 Å². The largest absolute Gasteiger partial charge is 0.304 e. The molecule has 0 heterocycles. The fourth-order valence-corrected chi connectivity index (χ4v) is 3.22. The second-order valence-electron chi connectivity index (χ2n) is 4.57. The molecule has 1 aromatic rings. The van der Waals surface area contributed by atoms with Gasteiger partial charge in [0.25, 0.3) is 5.91 Å². The number of nitrogens with one attached hydrogen (secondary N) is 1. The van der Waals surface area contributed by atoms with E-state index < -0.39 is 27.6 Å². The molecule has 0 saturated carbocycles. The normalized spacial score (nSPS) is 11.0. The van der Waals surface area contributed by atoms with Crippen molar-refractivity contribution >= 4 is 39.5 Å². The summed E-state index contributed by atoms with van der Waals surface area (Å²) >= 11 is 5.76. The summed E-state index contributed by atoms with van der Waals surface area (Å²) in [5.41, 5.74) is -0.820. The number of hydrogen-bond donors (Lipinski definition) is 1. The Labute approximate surface area is 144 Å². The molecule has 0 aromatic heterocycles. The van der Waals surface area contributed by atoms with Gasteiger partial charge in [-0.05, 0) is 18.6 Å². The molecule has 0 unspecified atom stereocenters. The van der Waals surface area contributed by atoms with E-state index in [-0.39, 0.29) is 23.7 Å². The van der Waals surface area contributed by atoms with E-state index in [1.54, 1.807) is 6.92 Å². The third kappa shape index (κ3) is 4.97. The molecule has 1 aromatic carbocycles. The van der Waals surface area contributed by atoms with Crippen LogP contribution in [-0.2, 0) is 15.0 Å². The van der Waals surface area contributed by atoms with Gasteiger partial charge >= 0.3 is 10.2 Å². The molecule has 0 aliphatic rings. The topological polar surface area (TPSA) is 95.9 Å². The van der Waals surface area contributed by atoms with Gasteiger partial charge in [0.2, 0.25) is 6.08 Å².